The van der Waals surface area contributed by atoms with Gasteiger partial charge in [0.25, 0.3) is 0 Å². The third kappa shape index (κ3) is 5.37. The molecular weight excluding hydrogens is 504 g/mol. The highest BCUT2D eigenvalue weighted by Crippen LogP contribution is 2.44. The molecule has 0 spiro atoms. The highest BCUT2D eigenvalue weighted by Gasteiger charge is 2.47. The number of aliphatic hydroxyl groups excluding tert-OH is 4. The van der Waals surface area contributed by atoms with E-state index in [4.69, 9.17) is 23.7 Å². The summed E-state index contributed by atoms with van der Waals surface area (Å²) in [7, 11) is 2.83. The topological polar surface area (TPSA) is 185 Å². The summed E-state index contributed by atoms with van der Waals surface area (Å²) < 4.78 is 27.1. The van der Waals surface area contributed by atoms with Gasteiger partial charge in [-0.15, -0.1) is 0 Å². The van der Waals surface area contributed by atoms with Crippen molar-refractivity contribution < 1.29 is 59.1 Å². The third-order valence-electron chi connectivity index (χ3n) is 7.08. The van der Waals surface area contributed by atoms with Crippen molar-refractivity contribution in [2.24, 2.45) is 11.8 Å². The predicted molar refractivity (Wildman–Crippen MR) is 129 cm³/mol. The number of aliphatic hydroxyl groups is 4. The summed E-state index contributed by atoms with van der Waals surface area (Å²) in [5.41, 5.74) is 1.35. The van der Waals surface area contributed by atoms with E-state index in [9.17, 15) is 35.4 Å². The summed E-state index contributed by atoms with van der Waals surface area (Å²) in [6.45, 7) is -0.877. The smallest absolute Gasteiger partial charge is 0.311 e. The van der Waals surface area contributed by atoms with Crippen LogP contribution in [0.5, 0.6) is 23.0 Å². The first-order valence-corrected chi connectivity index (χ1v) is 12.0. The van der Waals surface area contributed by atoms with Gasteiger partial charge in [-0.2, -0.15) is 0 Å². The Bertz CT molecular complexity index is 1070. The Balaban J connectivity index is 1.66. The van der Waals surface area contributed by atoms with E-state index in [1.54, 1.807) is 24.3 Å². The molecule has 0 aliphatic carbocycles. The van der Waals surface area contributed by atoms with Crippen molar-refractivity contribution >= 4 is 5.97 Å². The minimum atomic E-state index is -1.63. The monoisotopic (exact) mass is 536 g/mol. The number of phenolic OH excluding ortho intramolecular Hbond substituents is 2. The fourth-order valence-electron chi connectivity index (χ4n) is 4.96. The number of esters is 1. The molecule has 0 amide bonds. The van der Waals surface area contributed by atoms with Crippen LogP contribution in [0.2, 0.25) is 0 Å². The van der Waals surface area contributed by atoms with Crippen LogP contribution >= 0.6 is 0 Å². The second-order valence-electron chi connectivity index (χ2n) is 9.27. The number of carbonyl (C=O) groups excluding carboxylic acids is 1. The van der Waals surface area contributed by atoms with Gasteiger partial charge in [-0.3, -0.25) is 4.79 Å². The Morgan fingerprint density at radius 2 is 1.50 bits per heavy atom. The van der Waals surface area contributed by atoms with Gasteiger partial charge in [-0.1, -0.05) is 12.1 Å². The van der Waals surface area contributed by atoms with Crippen molar-refractivity contribution in [2.75, 3.05) is 34.0 Å². The van der Waals surface area contributed by atoms with Crippen molar-refractivity contribution in [3.8, 4) is 23.0 Å². The Hall–Kier alpha value is -3.13. The van der Waals surface area contributed by atoms with Crippen molar-refractivity contribution in [3.63, 3.8) is 0 Å². The molecule has 12 heteroatoms. The van der Waals surface area contributed by atoms with Gasteiger partial charge >= 0.3 is 5.97 Å². The number of hydrogen-bond donors (Lipinski definition) is 6. The second kappa shape index (κ2) is 11.7. The fourth-order valence-corrected chi connectivity index (χ4v) is 4.96. The molecule has 7 atom stereocenters. The summed E-state index contributed by atoms with van der Waals surface area (Å²) in [5, 5.41) is 60.1. The first-order valence-electron chi connectivity index (χ1n) is 12.0. The predicted octanol–water partition coefficient (Wildman–Crippen LogP) is -0.147. The molecule has 2 aliphatic rings. The zero-order chi connectivity index (χ0) is 27.6. The van der Waals surface area contributed by atoms with Crippen LogP contribution in [0.15, 0.2) is 36.4 Å². The largest absolute Gasteiger partial charge is 0.504 e. The minimum absolute atomic E-state index is 0.0125. The van der Waals surface area contributed by atoms with Gasteiger partial charge in [0.2, 0.25) is 0 Å². The molecule has 2 aromatic carbocycles. The van der Waals surface area contributed by atoms with Crippen molar-refractivity contribution in [1.29, 1.82) is 0 Å². The quantitative estimate of drug-likeness (QED) is 0.233. The molecule has 2 heterocycles. The van der Waals surface area contributed by atoms with E-state index in [1.165, 1.54) is 26.4 Å². The molecule has 0 saturated carbocycles. The lowest BCUT2D eigenvalue weighted by Crippen LogP contribution is -2.59. The maximum Gasteiger partial charge on any atom is 0.311 e. The number of ether oxygens (including phenoxy) is 5. The number of aromatic hydroxyl groups is 2. The number of methoxy groups -OCH3 is 2. The van der Waals surface area contributed by atoms with E-state index in [0.717, 1.165) is 0 Å². The average Bonchev–Trinajstić information content (AvgIpc) is 3.28. The second-order valence-corrected chi connectivity index (χ2v) is 9.27. The summed E-state index contributed by atoms with van der Waals surface area (Å²) in [5.74, 6) is -2.15. The Labute approximate surface area is 218 Å². The molecule has 2 aliphatic heterocycles. The molecule has 38 heavy (non-hydrogen) atoms. The van der Waals surface area contributed by atoms with Gasteiger partial charge in [0, 0.05) is 11.8 Å². The molecule has 12 nitrogen and oxygen atoms in total. The van der Waals surface area contributed by atoms with Crippen molar-refractivity contribution in [3.05, 3.63) is 47.5 Å². The van der Waals surface area contributed by atoms with Crippen LogP contribution in [0.1, 0.15) is 17.0 Å². The Morgan fingerprint density at radius 1 is 0.921 bits per heavy atom. The van der Waals surface area contributed by atoms with Crippen LogP contribution in [0.25, 0.3) is 0 Å². The number of carbonyl (C=O) groups is 1. The van der Waals surface area contributed by atoms with Crippen LogP contribution in [0.4, 0.5) is 0 Å². The summed E-state index contributed by atoms with van der Waals surface area (Å²) in [6, 6.07) is 9.57. The number of cyclic esters (lactones) is 1. The molecule has 2 saturated heterocycles. The van der Waals surface area contributed by atoms with Crippen LogP contribution in [0.3, 0.4) is 0 Å². The minimum Gasteiger partial charge on any atom is -0.504 e. The van der Waals surface area contributed by atoms with Crippen LogP contribution in [-0.2, 0) is 19.0 Å². The summed E-state index contributed by atoms with van der Waals surface area (Å²) in [4.78, 5) is 12.8. The Morgan fingerprint density at radius 3 is 2.03 bits per heavy atom. The van der Waals surface area contributed by atoms with Crippen LogP contribution < -0.4 is 9.47 Å². The van der Waals surface area contributed by atoms with E-state index in [0.29, 0.717) is 11.1 Å². The van der Waals surface area contributed by atoms with Crippen LogP contribution in [0, 0.1) is 11.8 Å². The van der Waals surface area contributed by atoms with Gasteiger partial charge in [-0.25, -0.2) is 0 Å². The summed E-state index contributed by atoms with van der Waals surface area (Å²) in [6.07, 6.45) is -7.37. The average molecular weight is 537 g/mol. The maximum absolute atomic E-state index is 12.8. The van der Waals surface area contributed by atoms with Gasteiger partial charge in [0.1, 0.15) is 24.4 Å². The molecule has 0 bridgehead atoms. The zero-order valence-electron chi connectivity index (χ0n) is 20.8. The van der Waals surface area contributed by atoms with Gasteiger partial charge in [0.15, 0.2) is 29.3 Å². The molecule has 2 aromatic rings. The number of hydrogen-bond acceptors (Lipinski definition) is 12. The molecule has 208 valence electrons. The van der Waals surface area contributed by atoms with Gasteiger partial charge in [-0.05, 0) is 35.4 Å². The molecule has 2 fully saturated rings. The van der Waals surface area contributed by atoms with Crippen molar-refractivity contribution in [2.45, 2.75) is 36.6 Å². The van der Waals surface area contributed by atoms with Gasteiger partial charge < -0.3 is 54.3 Å². The molecular formula is C26H32O12. The van der Waals surface area contributed by atoms with E-state index in [1.807, 2.05) is 0 Å². The number of benzene rings is 2. The standard InChI is InChI=1S/C26H32O12/c1-34-18-7-12(3-5-16(18)28)21(13-4-6-17(29)19(8-13)35-2)14-10-36-25(33)15(14)11-37-26-24(32)23(31)22(30)20(9-27)38-26/h3-8,14-15,20-24,26-32H,9-11H2,1-2H3/t14-,15-,20-,22-,23+,24-,26-/m1/s1. The van der Waals surface area contributed by atoms with E-state index in [2.05, 4.69) is 0 Å². The molecule has 0 radical (unpaired) electrons. The SMILES string of the molecule is COc1cc(C(c2ccc(O)c(OC)c2)[C@@H]2COC(=O)[C@@H]2CO[C@@H]2O[C@H](CO)[C@@H](O)[C@H](O)[C@H]2O)ccc1O. The first-order chi connectivity index (χ1) is 18.2. The number of phenols is 2. The lowest BCUT2D eigenvalue weighted by molar-refractivity contribution is -0.303. The lowest BCUT2D eigenvalue weighted by Gasteiger charge is -2.40. The highest BCUT2D eigenvalue weighted by atomic mass is 16.7. The first kappa shape index (κ1) is 27.9. The van der Waals surface area contributed by atoms with Gasteiger partial charge in [0.05, 0.1) is 40.0 Å². The van der Waals surface area contributed by atoms with Crippen molar-refractivity contribution in [1.82, 2.24) is 0 Å². The van der Waals surface area contributed by atoms with E-state index in [-0.39, 0.29) is 36.2 Å². The Kier molecular flexibility index (Phi) is 8.61. The lowest BCUT2D eigenvalue weighted by atomic mass is 9.75. The number of rotatable bonds is 9. The molecule has 0 unspecified atom stereocenters. The molecule has 4 rings (SSSR count). The summed E-state index contributed by atoms with van der Waals surface area (Å²) >= 11 is 0. The zero-order valence-corrected chi connectivity index (χ0v) is 20.8. The third-order valence-corrected chi connectivity index (χ3v) is 7.08. The van der Waals surface area contributed by atoms with E-state index < -0.39 is 61.0 Å². The molecule has 6 N–H and O–H groups in total. The normalized spacial score (nSPS) is 29.3. The van der Waals surface area contributed by atoms with E-state index >= 15 is 0 Å². The van der Waals surface area contributed by atoms with Crippen LogP contribution in [-0.4, -0.2) is 101 Å². The fraction of sp³-hybridized carbons (Fsp3) is 0.500. The maximum atomic E-state index is 12.8. The molecule has 0 aromatic heterocycles. The highest BCUT2D eigenvalue weighted by molar-refractivity contribution is 5.75.